The predicted molar refractivity (Wildman–Crippen MR) is 126 cm³/mol. The standard InChI is InChI=1S/C25H29N5O3/c1-3-19(2)30(25(32)22-10-7-17-33-22)18-24(31)29-15-13-28(14-16-29)23-12-11-21(26-27-23)20-8-5-4-6-9-20/h4-12,17,19H,3,13-16,18H2,1-2H3/t19-/m0/s1. The summed E-state index contributed by atoms with van der Waals surface area (Å²) in [5.74, 6) is 0.747. The van der Waals surface area contributed by atoms with Gasteiger partial charge in [0.1, 0.15) is 6.54 Å². The number of nitrogens with zero attached hydrogens (tertiary/aromatic N) is 5. The molecule has 0 N–H and O–H groups in total. The molecule has 8 nitrogen and oxygen atoms in total. The average Bonchev–Trinajstić information content (AvgIpc) is 3.42. The van der Waals surface area contributed by atoms with E-state index in [4.69, 9.17) is 4.42 Å². The quantitative estimate of drug-likeness (QED) is 0.553. The van der Waals surface area contributed by atoms with E-state index >= 15 is 0 Å². The van der Waals surface area contributed by atoms with Gasteiger partial charge >= 0.3 is 0 Å². The maximum absolute atomic E-state index is 13.0. The van der Waals surface area contributed by atoms with Gasteiger partial charge in [-0.3, -0.25) is 9.59 Å². The Kier molecular flexibility index (Phi) is 7.02. The second kappa shape index (κ2) is 10.3. The summed E-state index contributed by atoms with van der Waals surface area (Å²) in [6.45, 7) is 6.47. The fraction of sp³-hybridized carbons (Fsp3) is 0.360. The number of rotatable bonds is 7. The van der Waals surface area contributed by atoms with Gasteiger partial charge in [-0.05, 0) is 37.6 Å². The number of anilines is 1. The van der Waals surface area contributed by atoms with Crippen molar-refractivity contribution >= 4 is 17.6 Å². The second-order valence-corrected chi connectivity index (χ2v) is 8.18. The summed E-state index contributed by atoms with van der Waals surface area (Å²) < 4.78 is 5.26. The lowest BCUT2D eigenvalue weighted by Gasteiger charge is -2.37. The molecule has 172 valence electrons. The largest absolute Gasteiger partial charge is 0.459 e. The maximum atomic E-state index is 13.0. The Balaban J connectivity index is 1.35. The van der Waals surface area contributed by atoms with Crippen LogP contribution in [0.3, 0.4) is 0 Å². The van der Waals surface area contributed by atoms with Crippen LogP contribution < -0.4 is 4.90 Å². The molecule has 1 aliphatic heterocycles. The van der Waals surface area contributed by atoms with Crippen LogP contribution in [0.4, 0.5) is 5.82 Å². The highest BCUT2D eigenvalue weighted by molar-refractivity contribution is 5.94. The van der Waals surface area contributed by atoms with E-state index in [1.807, 2.05) is 61.2 Å². The Hall–Kier alpha value is -3.68. The summed E-state index contributed by atoms with van der Waals surface area (Å²) >= 11 is 0. The van der Waals surface area contributed by atoms with E-state index < -0.39 is 0 Å². The molecule has 2 amide bonds. The molecule has 1 fully saturated rings. The smallest absolute Gasteiger partial charge is 0.290 e. The molecule has 1 saturated heterocycles. The lowest BCUT2D eigenvalue weighted by Crippen LogP contribution is -2.53. The van der Waals surface area contributed by atoms with Crippen LogP contribution in [0.15, 0.2) is 65.3 Å². The van der Waals surface area contributed by atoms with E-state index in [-0.39, 0.29) is 30.2 Å². The van der Waals surface area contributed by atoms with Crippen LogP contribution in [0.2, 0.25) is 0 Å². The van der Waals surface area contributed by atoms with Crippen molar-refractivity contribution in [2.24, 2.45) is 0 Å². The first kappa shape index (κ1) is 22.5. The van der Waals surface area contributed by atoms with Crippen molar-refractivity contribution in [2.45, 2.75) is 26.3 Å². The molecule has 0 unspecified atom stereocenters. The molecule has 0 radical (unpaired) electrons. The Morgan fingerprint density at radius 2 is 1.76 bits per heavy atom. The molecular weight excluding hydrogens is 418 g/mol. The van der Waals surface area contributed by atoms with Crippen LogP contribution in [-0.4, -0.2) is 70.6 Å². The average molecular weight is 448 g/mol. The topological polar surface area (TPSA) is 82.8 Å². The van der Waals surface area contributed by atoms with Gasteiger partial charge < -0.3 is 19.1 Å². The molecule has 4 rings (SSSR count). The molecule has 3 aromatic rings. The van der Waals surface area contributed by atoms with Crippen molar-refractivity contribution in [3.63, 3.8) is 0 Å². The number of aromatic nitrogens is 2. The van der Waals surface area contributed by atoms with Crippen LogP contribution in [0, 0.1) is 0 Å². The minimum atomic E-state index is -0.255. The van der Waals surface area contributed by atoms with Gasteiger partial charge in [0.2, 0.25) is 5.91 Å². The first-order valence-electron chi connectivity index (χ1n) is 11.3. The predicted octanol–water partition coefficient (Wildman–Crippen LogP) is 3.33. The lowest BCUT2D eigenvalue weighted by molar-refractivity contribution is -0.132. The van der Waals surface area contributed by atoms with Gasteiger partial charge in [-0.1, -0.05) is 37.3 Å². The van der Waals surface area contributed by atoms with Crippen LogP contribution in [0.25, 0.3) is 11.3 Å². The van der Waals surface area contributed by atoms with Crippen molar-refractivity contribution in [1.82, 2.24) is 20.0 Å². The summed E-state index contributed by atoms with van der Waals surface area (Å²) in [6.07, 6.45) is 2.23. The lowest BCUT2D eigenvalue weighted by atomic mass is 10.1. The summed E-state index contributed by atoms with van der Waals surface area (Å²) in [7, 11) is 0. The SMILES string of the molecule is CC[C@H](C)N(CC(=O)N1CCN(c2ccc(-c3ccccc3)nn2)CC1)C(=O)c1ccco1. The molecule has 0 aliphatic carbocycles. The van der Waals surface area contributed by atoms with E-state index in [1.165, 1.54) is 6.26 Å². The number of furan rings is 1. The monoisotopic (exact) mass is 447 g/mol. The zero-order chi connectivity index (χ0) is 23.2. The van der Waals surface area contributed by atoms with Crippen molar-refractivity contribution in [3.05, 3.63) is 66.6 Å². The number of carbonyl (C=O) groups is 2. The van der Waals surface area contributed by atoms with Crippen molar-refractivity contribution < 1.29 is 14.0 Å². The molecule has 33 heavy (non-hydrogen) atoms. The Morgan fingerprint density at radius 3 is 2.36 bits per heavy atom. The van der Waals surface area contributed by atoms with Crippen LogP contribution >= 0.6 is 0 Å². The zero-order valence-corrected chi connectivity index (χ0v) is 19.1. The van der Waals surface area contributed by atoms with Crippen LogP contribution in [0.5, 0.6) is 0 Å². The number of carbonyl (C=O) groups excluding carboxylic acids is 2. The fourth-order valence-electron chi connectivity index (χ4n) is 3.88. The van der Waals surface area contributed by atoms with Crippen LogP contribution in [-0.2, 0) is 4.79 Å². The minimum absolute atomic E-state index is 0.0418. The third-order valence-corrected chi connectivity index (χ3v) is 6.10. The van der Waals surface area contributed by atoms with E-state index in [2.05, 4.69) is 15.1 Å². The molecule has 0 saturated carbocycles. The number of hydrogen-bond acceptors (Lipinski definition) is 6. The van der Waals surface area contributed by atoms with E-state index in [1.54, 1.807) is 17.0 Å². The van der Waals surface area contributed by atoms with Crippen LogP contribution in [0.1, 0.15) is 30.8 Å². The zero-order valence-electron chi connectivity index (χ0n) is 19.1. The first-order valence-corrected chi connectivity index (χ1v) is 11.3. The number of amides is 2. The Bertz CT molecular complexity index is 1050. The minimum Gasteiger partial charge on any atom is -0.459 e. The van der Waals surface area contributed by atoms with Gasteiger partial charge in [-0.15, -0.1) is 10.2 Å². The molecule has 2 aromatic heterocycles. The molecule has 1 aliphatic rings. The van der Waals surface area contributed by atoms with Gasteiger partial charge in [0.15, 0.2) is 11.6 Å². The highest BCUT2D eigenvalue weighted by Crippen LogP contribution is 2.19. The molecule has 3 heterocycles. The van der Waals surface area contributed by atoms with E-state index in [9.17, 15) is 9.59 Å². The number of hydrogen-bond donors (Lipinski definition) is 0. The summed E-state index contributed by atoms with van der Waals surface area (Å²) in [4.78, 5) is 31.4. The molecule has 1 atom stereocenters. The fourth-order valence-corrected chi connectivity index (χ4v) is 3.88. The molecule has 8 heteroatoms. The van der Waals surface area contributed by atoms with E-state index in [0.717, 1.165) is 23.5 Å². The molecule has 0 spiro atoms. The summed E-state index contributed by atoms with van der Waals surface area (Å²) in [5, 5.41) is 8.76. The van der Waals surface area contributed by atoms with Crippen molar-refractivity contribution in [3.8, 4) is 11.3 Å². The number of piperazine rings is 1. The van der Waals surface area contributed by atoms with Gasteiger partial charge in [0.25, 0.3) is 5.91 Å². The van der Waals surface area contributed by atoms with E-state index in [0.29, 0.717) is 26.2 Å². The number of benzene rings is 1. The molecule has 1 aromatic carbocycles. The van der Waals surface area contributed by atoms with Gasteiger partial charge in [-0.2, -0.15) is 0 Å². The summed E-state index contributed by atoms with van der Waals surface area (Å²) in [5.41, 5.74) is 1.86. The van der Waals surface area contributed by atoms with Gasteiger partial charge in [0, 0.05) is 37.8 Å². The third kappa shape index (κ3) is 5.22. The second-order valence-electron chi connectivity index (χ2n) is 8.18. The maximum Gasteiger partial charge on any atom is 0.290 e. The highest BCUT2D eigenvalue weighted by Gasteiger charge is 2.29. The van der Waals surface area contributed by atoms with Gasteiger partial charge in [-0.25, -0.2) is 0 Å². The van der Waals surface area contributed by atoms with Crippen molar-refractivity contribution in [2.75, 3.05) is 37.6 Å². The Morgan fingerprint density at radius 1 is 1.00 bits per heavy atom. The summed E-state index contributed by atoms with van der Waals surface area (Å²) in [6, 6.07) is 17.1. The van der Waals surface area contributed by atoms with Gasteiger partial charge in [0.05, 0.1) is 12.0 Å². The molecular formula is C25H29N5O3. The Labute approximate surface area is 193 Å². The van der Waals surface area contributed by atoms with Crippen molar-refractivity contribution in [1.29, 1.82) is 0 Å². The highest BCUT2D eigenvalue weighted by atomic mass is 16.3. The first-order chi connectivity index (χ1) is 16.1. The normalized spacial score (nSPS) is 14.7. The third-order valence-electron chi connectivity index (χ3n) is 6.10. The molecule has 0 bridgehead atoms.